The summed E-state index contributed by atoms with van der Waals surface area (Å²) in [6.07, 6.45) is 3.94. The molecule has 2 aliphatic rings. The van der Waals surface area contributed by atoms with Crippen LogP contribution in [0.25, 0.3) is 0 Å². The van der Waals surface area contributed by atoms with Crippen LogP contribution >= 0.6 is 0 Å². The molecule has 1 aromatic carbocycles. The molecule has 3 heteroatoms. The van der Waals surface area contributed by atoms with Crippen LogP contribution in [-0.4, -0.2) is 18.2 Å². The van der Waals surface area contributed by atoms with Crippen LogP contribution in [-0.2, 0) is 21.4 Å². The van der Waals surface area contributed by atoms with Gasteiger partial charge in [0.15, 0.2) is 0 Å². The van der Waals surface area contributed by atoms with Crippen LogP contribution in [0.2, 0.25) is 0 Å². The predicted octanol–water partition coefficient (Wildman–Crippen LogP) is 2.16. The first-order valence-corrected chi connectivity index (χ1v) is 6.07. The average Bonchev–Trinajstić information content (AvgIpc) is 2.68. The van der Waals surface area contributed by atoms with Crippen molar-refractivity contribution in [3.63, 3.8) is 0 Å². The second-order valence-corrected chi connectivity index (χ2v) is 5.11. The lowest BCUT2D eigenvalue weighted by Gasteiger charge is -2.46. The van der Waals surface area contributed by atoms with Crippen molar-refractivity contribution >= 4 is 5.97 Å². The topological polar surface area (TPSA) is 46.5 Å². The number of esters is 1. The number of carbonyl (C=O) groups excluding carboxylic acids is 1. The molecule has 0 bridgehead atoms. The summed E-state index contributed by atoms with van der Waals surface area (Å²) in [5.74, 6) is 0.170. The Bertz CT molecular complexity index is 480. The van der Waals surface area contributed by atoms with Gasteiger partial charge in [0.2, 0.25) is 0 Å². The molecule has 0 amide bonds. The molecular formula is C14H16O3. The van der Waals surface area contributed by atoms with Crippen LogP contribution in [0.5, 0.6) is 5.75 Å². The van der Waals surface area contributed by atoms with Crippen molar-refractivity contribution in [2.24, 2.45) is 5.92 Å². The summed E-state index contributed by atoms with van der Waals surface area (Å²) in [5.41, 5.74) is 2.39. The maximum Gasteiger partial charge on any atom is 0.309 e. The fraction of sp³-hybridized carbons (Fsp3) is 0.500. The van der Waals surface area contributed by atoms with Crippen molar-refractivity contribution in [1.82, 2.24) is 0 Å². The monoisotopic (exact) mass is 232 g/mol. The third-order valence-corrected chi connectivity index (χ3v) is 4.50. The van der Waals surface area contributed by atoms with Crippen molar-refractivity contribution in [3.8, 4) is 5.75 Å². The normalized spacial score (nSPS) is 29.8. The summed E-state index contributed by atoms with van der Waals surface area (Å²) in [4.78, 5) is 11.8. The molecule has 0 radical (unpaired) electrons. The van der Waals surface area contributed by atoms with Crippen LogP contribution < -0.4 is 0 Å². The molecule has 3 rings (SSSR count). The van der Waals surface area contributed by atoms with E-state index >= 15 is 0 Å². The zero-order chi connectivity index (χ0) is 12.0. The lowest BCUT2D eigenvalue weighted by atomic mass is 9.57. The first kappa shape index (κ1) is 10.6. The molecule has 2 aliphatic carbocycles. The molecule has 0 aromatic heterocycles. The van der Waals surface area contributed by atoms with Crippen molar-refractivity contribution in [2.75, 3.05) is 7.11 Å². The van der Waals surface area contributed by atoms with Crippen molar-refractivity contribution in [2.45, 2.75) is 31.1 Å². The minimum Gasteiger partial charge on any atom is -0.508 e. The Balaban J connectivity index is 2.02. The fourth-order valence-electron chi connectivity index (χ4n) is 3.48. The number of benzene rings is 1. The highest BCUT2D eigenvalue weighted by Crippen LogP contribution is 2.57. The van der Waals surface area contributed by atoms with E-state index < -0.39 is 0 Å². The Kier molecular flexibility index (Phi) is 2.18. The molecule has 1 N–H and O–H groups in total. The molecule has 1 saturated carbocycles. The molecule has 2 atom stereocenters. The lowest BCUT2D eigenvalue weighted by molar-refractivity contribution is -0.153. The number of methoxy groups -OCH3 is 1. The Morgan fingerprint density at radius 1 is 1.47 bits per heavy atom. The smallest absolute Gasteiger partial charge is 0.309 e. The standard InChI is InChI=1S/C14H16O3/c1-17-13(16)11-5-7-14(11)6-4-9-2-3-10(15)8-12(9)14/h2-3,8,11,15H,4-7H2,1H3. The summed E-state index contributed by atoms with van der Waals surface area (Å²) in [5, 5.41) is 9.61. The van der Waals surface area contributed by atoms with Gasteiger partial charge in [0.1, 0.15) is 5.75 Å². The highest BCUT2D eigenvalue weighted by Gasteiger charge is 2.55. The van der Waals surface area contributed by atoms with E-state index in [0.29, 0.717) is 5.75 Å². The van der Waals surface area contributed by atoms with E-state index in [-0.39, 0.29) is 17.3 Å². The minimum atomic E-state index is -0.104. The molecule has 0 aliphatic heterocycles. The second-order valence-electron chi connectivity index (χ2n) is 5.11. The number of hydrogen-bond acceptors (Lipinski definition) is 3. The molecule has 17 heavy (non-hydrogen) atoms. The SMILES string of the molecule is COC(=O)C1CCC12CCc1ccc(O)cc12. The van der Waals surface area contributed by atoms with Gasteiger partial charge in [-0.1, -0.05) is 6.07 Å². The molecular weight excluding hydrogens is 216 g/mol. The van der Waals surface area contributed by atoms with Gasteiger partial charge in [-0.3, -0.25) is 4.79 Å². The second kappa shape index (κ2) is 3.49. The number of rotatable bonds is 1. The van der Waals surface area contributed by atoms with E-state index in [9.17, 15) is 9.90 Å². The van der Waals surface area contributed by atoms with Crippen LogP contribution in [0, 0.1) is 5.92 Å². The lowest BCUT2D eigenvalue weighted by Crippen LogP contribution is -2.47. The van der Waals surface area contributed by atoms with Crippen LogP contribution in [0.3, 0.4) is 0 Å². The van der Waals surface area contributed by atoms with E-state index in [1.165, 1.54) is 18.2 Å². The van der Waals surface area contributed by atoms with E-state index in [1.54, 1.807) is 6.07 Å². The quantitative estimate of drug-likeness (QED) is 0.755. The van der Waals surface area contributed by atoms with E-state index in [4.69, 9.17) is 4.74 Å². The maximum atomic E-state index is 11.8. The molecule has 1 aromatic rings. The Labute approximate surface area is 100 Å². The molecule has 3 nitrogen and oxygen atoms in total. The van der Waals surface area contributed by atoms with Gasteiger partial charge < -0.3 is 9.84 Å². The number of aromatic hydroxyl groups is 1. The van der Waals surface area contributed by atoms with Gasteiger partial charge in [0.25, 0.3) is 0 Å². The van der Waals surface area contributed by atoms with Gasteiger partial charge in [-0.2, -0.15) is 0 Å². The summed E-state index contributed by atoms with van der Waals surface area (Å²) in [7, 11) is 1.45. The number of phenolic OH excluding ortho intramolecular Hbond substituents is 1. The molecule has 90 valence electrons. The largest absolute Gasteiger partial charge is 0.508 e. The van der Waals surface area contributed by atoms with Gasteiger partial charge >= 0.3 is 5.97 Å². The van der Waals surface area contributed by atoms with Crippen LogP contribution in [0.4, 0.5) is 0 Å². The molecule has 0 saturated heterocycles. The number of ether oxygens (including phenoxy) is 1. The minimum absolute atomic E-state index is 0.0180. The van der Waals surface area contributed by atoms with Crippen molar-refractivity contribution < 1.29 is 14.6 Å². The van der Waals surface area contributed by atoms with Gasteiger partial charge in [-0.15, -0.1) is 0 Å². The number of fused-ring (bicyclic) bond motifs is 2. The van der Waals surface area contributed by atoms with E-state index in [1.807, 2.05) is 12.1 Å². The first-order valence-electron chi connectivity index (χ1n) is 6.07. The van der Waals surface area contributed by atoms with E-state index in [2.05, 4.69) is 0 Å². The summed E-state index contributed by atoms with van der Waals surface area (Å²) in [6, 6.07) is 5.53. The molecule has 2 unspecified atom stereocenters. The van der Waals surface area contributed by atoms with Gasteiger partial charge in [-0.25, -0.2) is 0 Å². The number of hydrogen-bond donors (Lipinski definition) is 1. The summed E-state index contributed by atoms with van der Waals surface area (Å²) >= 11 is 0. The first-order chi connectivity index (χ1) is 8.17. The fourth-order valence-corrected chi connectivity index (χ4v) is 3.48. The summed E-state index contributed by atoms with van der Waals surface area (Å²) < 4.78 is 4.88. The Hall–Kier alpha value is -1.51. The molecule has 1 spiro atoms. The predicted molar refractivity (Wildman–Crippen MR) is 62.8 cm³/mol. The number of aryl methyl sites for hydroxylation is 1. The number of phenols is 1. The maximum absolute atomic E-state index is 11.8. The third kappa shape index (κ3) is 1.31. The van der Waals surface area contributed by atoms with Gasteiger partial charge in [0, 0.05) is 5.41 Å². The highest BCUT2D eigenvalue weighted by molar-refractivity contribution is 5.77. The zero-order valence-electron chi connectivity index (χ0n) is 9.90. The third-order valence-electron chi connectivity index (χ3n) is 4.50. The molecule has 0 heterocycles. The Morgan fingerprint density at radius 3 is 2.94 bits per heavy atom. The van der Waals surface area contributed by atoms with Crippen molar-refractivity contribution in [1.29, 1.82) is 0 Å². The average molecular weight is 232 g/mol. The highest BCUT2D eigenvalue weighted by atomic mass is 16.5. The molecule has 1 fully saturated rings. The van der Waals surface area contributed by atoms with E-state index in [0.717, 1.165) is 25.7 Å². The van der Waals surface area contributed by atoms with Gasteiger partial charge in [-0.05, 0) is 48.9 Å². The Morgan fingerprint density at radius 2 is 2.29 bits per heavy atom. The zero-order valence-corrected chi connectivity index (χ0v) is 9.90. The van der Waals surface area contributed by atoms with Crippen LogP contribution in [0.15, 0.2) is 18.2 Å². The van der Waals surface area contributed by atoms with Gasteiger partial charge in [0.05, 0.1) is 13.0 Å². The van der Waals surface area contributed by atoms with Crippen molar-refractivity contribution in [3.05, 3.63) is 29.3 Å². The number of carbonyl (C=O) groups is 1. The van der Waals surface area contributed by atoms with Crippen LogP contribution in [0.1, 0.15) is 30.4 Å². The summed E-state index contributed by atoms with van der Waals surface area (Å²) in [6.45, 7) is 0.